The average molecular weight is 926 g/mol. The number of rotatable bonds is 52. The Balaban J connectivity index is 4.33. The zero-order valence-electron chi connectivity index (χ0n) is 44.0. The number of hydrogen-bond donors (Lipinski definition) is 0. The Labute approximate surface area is 409 Å². The number of hydrogen-bond acceptors (Lipinski definition) is 6. The molecule has 0 aromatic heterocycles. The molecule has 6 heteroatoms. The normalized spacial score (nSPS) is 12.3. The van der Waals surface area contributed by atoms with Crippen molar-refractivity contribution in [2.24, 2.45) is 0 Å². The molecule has 6 nitrogen and oxygen atoms in total. The van der Waals surface area contributed by atoms with Gasteiger partial charge in [-0.05, 0) is 83.5 Å². The van der Waals surface area contributed by atoms with Crippen molar-refractivity contribution in [2.45, 2.75) is 303 Å². The largest absolute Gasteiger partial charge is 0.462 e. The van der Waals surface area contributed by atoms with Crippen molar-refractivity contribution in [3.8, 4) is 0 Å². The van der Waals surface area contributed by atoms with Crippen molar-refractivity contribution in [1.82, 2.24) is 0 Å². The predicted octanol–water partition coefficient (Wildman–Crippen LogP) is 19.0. The van der Waals surface area contributed by atoms with Crippen molar-refractivity contribution >= 4 is 17.9 Å². The van der Waals surface area contributed by atoms with E-state index in [2.05, 4.69) is 69.4 Å². The van der Waals surface area contributed by atoms with Gasteiger partial charge in [-0.25, -0.2) is 0 Å². The first-order chi connectivity index (χ1) is 32.5. The molecule has 0 radical (unpaired) electrons. The smallest absolute Gasteiger partial charge is 0.306 e. The number of allylic oxidation sites excluding steroid dienone is 8. The molecule has 0 fully saturated rings. The van der Waals surface area contributed by atoms with E-state index in [9.17, 15) is 14.4 Å². The molecule has 0 unspecified atom stereocenters. The summed E-state index contributed by atoms with van der Waals surface area (Å²) in [6, 6.07) is 0. The minimum absolute atomic E-state index is 0.0752. The molecule has 0 rings (SSSR count). The summed E-state index contributed by atoms with van der Waals surface area (Å²) in [5.74, 6) is -0.874. The van der Waals surface area contributed by atoms with Crippen molar-refractivity contribution in [2.75, 3.05) is 13.2 Å². The molecule has 0 aromatic carbocycles. The molecule has 0 aliphatic carbocycles. The summed E-state index contributed by atoms with van der Waals surface area (Å²) in [6.45, 7) is 6.61. The number of unbranched alkanes of at least 4 members (excludes halogenated alkanes) is 33. The van der Waals surface area contributed by atoms with Gasteiger partial charge in [0.1, 0.15) is 13.2 Å². The maximum atomic E-state index is 12.8. The predicted molar refractivity (Wildman–Crippen MR) is 284 cm³/mol. The first kappa shape index (κ1) is 63.4. The van der Waals surface area contributed by atoms with Crippen LogP contribution in [0.3, 0.4) is 0 Å². The van der Waals surface area contributed by atoms with Crippen LogP contribution >= 0.6 is 0 Å². The minimum atomic E-state index is -0.775. The van der Waals surface area contributed by atoms with Gasteiger partial charge in [-0.1, -0.05) is 243 Å². The summed E-state index contributed by atoms with van der Waals surface area (Å²) in [4.78, 5) is 38.1. The highest BCUT2D eigenvalue weighted by molar-refractivity contribution is 5.71. The van der Waals surface area contributed by atoms with Crippen molar-refractivity contribution < 1.29 is 28.6 Å². The van der Waals surface area contributed by atoms with E-state index in [0.717, 1.165) is 77.0 Å². The van der Waals surface area contributed by atoms with Gasteiger partial charge in [-0.3, -0.25) is 14.4 Å². The standard InChI is InChI=1S/C60H108O6/c1-4-7-10-13-16-19-22-25-27-29-30-32-34-36-39-41-44-47-50-53-59(62)65-56-57(66-60(63)54-51-48-45-42-37-24-21-18-15-12-9-6-3)55-64-58(61)52-49-46-43-40-38-35-33-31-28-26-23-20-17-14-11-8-5-2/h16-17,19-20,25-28,57H,4-15,18,21-24,29-56H2,1-3H3/b19-16-,20-17-,27-25-,28-26-/t57-/m0/s1. The quantitative estimate of drug-likeness (QED) is 0.0262. The summed E-state index contributed by atoms with van der Waals surface area (Å²) in [5.41, 5.74) is 0. The lowest BCUT2D eigenvalue weighted by atomic mass is 10.0. The zero-order chi connectivity index (χ0) is 47.9. The van der Waals surface area contributed by atoms with Gasteiger partial charge in [-0.2, -0.15) is 0 Å². The molecule has 0 saturated heterocycles. The molecule has 0 aliphatic rings. The van der Waals surface area contributed by atoms with E-state index >= 15 is 0 Å². The van der Waals surface area contributed by atoms with Gasteiger partial charge in [0.05, 0.1) is 0 Å². The molecule has 0 spiro atoms. The third-order valence-corrected chi connectivity index (χ3v) is 12.6. The lowest BCUT2D eigenvalue weighted by Gasteiger charge is -2.18. The van der Waals surface area contributed by atoms with E-state index < -0.39 is 6.10 Å². The van der Waals surface area contributed by atoms with Crippen LogP contribution in [-0.4, -0.2) is 37.2 Å². The maximum absolute atomic E-state index is 12.8. The maximum Gasteiger partial charge on any atom is 0.306 e. The van der Waals surface area contributed by atoms with Crippen LogP contribution in [0.4, 0.5) is 0 Å². The Morgan fingerprint density at radius 3 is 0.864 bits per heavy atom. The molecule has 0 saturated carbocycles. The fraction of sp³-hybridized carbons (Fsp3) is 0.817. The van der Waals surface area contributed by atoms with Crippen LogP contribution in [0.15, 0.2) is 48.6 Å². The second-order valence-electron chi connectivity index (χ2n) is 19.2. The highest BCUT2D eigenvalue weighted by Crippen LogP contribution is 2.16. The van der Waals surface area contributed by atoms with Gasteiger partial charge < -0.3 is 14.2 Å². The molecule has 0 aromatic rings. The van der Waals surface area contributed by atoms with Crippen molar-refractivity contribution in [1.29, 1.82) is 0 Å². The molecule has 1 atom stereocenters. The summed E-state index contributed by atoms with van der Waals surface area (Å²) < 4.78 is 16.9. The van der Waals surface area contributed by atoms with E-state index in [0.29, 0.717) is 19.3 Å². The molecule has 0 heterocycles. The van der Waals surface area contributed by atoms with Crippen molar-refractivity contribution in [3.05, 3.63) is 48.6 Å². The topological polar surface area (TPSA) is 78.9 Å². The van der Waals surface area contributed by atoms with Crippen LogP contribution in [-0.2, 0) is 28.6 Å². The summed E-state index contributed by atoms with van der Waals surface area (Å²) in [6.07, 6.45) is 66.6. The van der Waals surface area contributed by atoms with Crippen LogP contribution in [0.2, 0.25) is 0 Å². The lowest BCUT2D eigenvalue weighted by Crippen LogP contribution is -2.30. The van der Waals surface area contributed by atoms with E-state index in [1.54, 1.807) is 0 Å². The summed E-state index contributed by atoms with van der Waals surface area (Å²) >= 11 is 0. The van der Waals surface area contributed by atoms with Gasteiger partial charge in [0.15, 0.2) is 6.10 Å². The van der Waals surface area contributed by atoms with E-state index in [1.165, 1.54) is 180 Å². The number of ether oxygens (including phenoxy) is 3. The van der Waals surface area contributed by atoms with Crippen LogP contribution in [0.1, 0.15) is 297 Å². The highest BCUT2D eigenvalue weighted by Gasteiger charge is 2.19. The minimum Gasteiger partial charge on any atom is -0.462 e. The Hall–Kier alpha value is -2.63. The third kappa shape index (κ3) is 52.3. The Morgan fingerprint density at radius 2 is 0.545 bits per heavy atom. The SMILES string of the molecule is CCCCC/C=C\C/C=C\CCCCCCCCCCCC(=O)OC[C@H](COC(=O)CCCCCCCCC/C=C\C/C=C\CCCCC)OC(=O)CCCCCCCCCCCCCC. The van der Waals surface area contributed by atoms with Crippen LogP contribution in [0.25, 0.3) is 0 Å². The molecule has 384 valence electrons. The second kappa shape index (κ2) is 55.0. The first-order valence-corrected chi connectivity index (χ1v) is 28.6. The van der Waals surface area contributed by atoms with Crippen LogP contribution < -0.4 is 0 Å². The van der Waals surface area contributed by atoms with Gasteiger partial charge in [0, 0.05) is 19.3 Å². The molecular weight excluding hydrogens is 817 g/mol. The zero-order valence-corrected chi connectivity index (χ0v) is 44.0. The van der Waals surface area contributed by atoms with E-state index in [4.69, 9.17) is 14.2 Å². The van der Waals surface area contributed by atoms with Gasteiger partial charge in [0.2, 0.25) is 0 Å². The molecule has 0 N–H and O–H groups in total. The fourth-order valence-electron chi connectivity index (χ4n) is 8.21. The van der Waals surface area contributed by atoms with Crippen LogP contribution in [0, 0.1) is 0 Å². The Bertz CT molecular complexity index is 1150. The van der Waals surface area contributed by atoms with Gasteiger partial charge in [0.25, 0.3) is 0 Å². The Morgan fingerprint density at radius 1 is 0.303 bits per heavy atom. The monoisotopic (exact) mass is 925 g/mol. The van der Waals surface area contributed by atoms with E-state index in [-0.39, 0.29) is 31.1 Å². The van der Waals surface area contributed by atoms with E-state index in [1.807, 2.05) is 0 Å². The van der Waals surface area contributed by atoms with Gasteiger partial charge in [-0.15, -0.1) is 0 Å². The molecule has 0 amide bonds. The highest BCUT2D eigenvalue weighted by atomic mass is 16.6. The van der Waals surface area contributed by atoms with Crippen LogP contribution in [0.5, 0.6) is 0 Å². The van der Waals surface area contributed by atoms with Gasteiger partial charge >= 0.3 is 17.9 Å². The molecule has 0 bridgehead atoms. The summed E-state index contributed by atoms with van der Waals surface area (Å²) in [5, 5.41) is 0. The Kier molecular flexibility index (Phi) is 52.8. The fourth-order valence-corrected chi connectivity index (χ4v) is 8.21. The third-order valence-electron chi connectivity index (χ3n) is 12.6. The molecule has 66 heavy (non-hydrogen) atoms. The summed E-state index contributed by atoms with van der Waals surface area (Å²) in [7, 11) is 0. The molecule has 0 aliphatic heterocycles. The number of esters is 3. The second-order valence-corrected chi connectivity index (χ2v) is 19.2. The number of carbonyl (C=O) groups excluding carboxylic acids is 3. The number of carbonyl (C=O) groups is 3. The molecular formula is C60H108O6. The van der Waals surface area contributed by atoms with Crippen molar-refractivity contribution in [3.63, 3.8) is 0 Å². The average Bonchev–Trinajstić information content (AvgIpc) is 3.31. The first-order valence-electron chi connectivity index (χ1n) is 28.6. The lowest BCUT2D eigenvalue weighted by molar-refractivity contribution is -0.167.